The van der Waals surface area contributed by atoms with Crippen LogP contribution in [0.25, 0.3) is 10.9 Å². The predicted molar refractivity (Wildman–Crippen MR) is 112 cm³/mol. The SMILES string of the molecule is COC(=O)c1ccc2nc(N3CCS(O)(O)c4ccccc4C3)cc(Cl)c2c1. The number of fused-ring (bicyclic) bond motifs is 2. The topological polar surface area (TPSA) is 82.9 Å². The first-order valence-corrected chi connectivity index (χ1v) is 10.8. The van der Waals surface area contributed by atoms with Gasteiger partial charge in [0.25, 0.3) is 0 Å². The molecule has 3 aromatic rings. The molecular weight excluding hydrogens is 400 g/mol. The molecule has 0 aliphatic carbocycles. The van der Waals surface area contributed by atoms with Gasteiger partial charge in [0.1, 0.15) is 5.82 Å². The highest BCUT2D eigenvalue weighted by molar-refractivity contribution is 8.24. The summed E-state index contributed by atoms with van der Waals surface area (Å²) in [6.45, 7) is 0.938. The van der Waals surface area contributed by atoms with Crippen LogP contribution in [0.2, 0.25) is 5.02 Å². The maximum Gasteiger partial charge on any atom is 0.337 e. The molecule has 6 nitrogen and oxygen atoms in total. The van der Waals surface area contributed by atoms with Crippen molar-refractivity contribution in [3.05, 3.63) is 64.7 Å². The number of carbonyl (C=O) groups excluding carboxylic acids is 1. The number of carbonyl (C=O) groups is 1. The zero-order chi connectivity index (χ0) is 19.9. The summed E-state index contributed by atoms with van der Waals surface area (Å²) >= 11 is 6.49. The molecule has 2 heterocycles. The van der Waals surface area contributed by atoms with Gasteiger partial charge < -0.3 is 9.64 Å². The van der Waals surface area contributed by atoms with E-state index in [0.717, 1.165) is 5.56 Å². The van der Waals surface area contributed by atoms with Gasteiger partial charge in [0.05, 0.1) is 33.9 Å². The normalized spacial score (nSPS) is 16.9. The molecule has 1 aliphatic heterocycles. The van der Waals surface area contributed by atoms with Crippen molar-refractivity contribution in [2.75, 3.05) is 24.3 Å². The molecule has 0 fully saturated rings. The fraction of sp³-hybridized carbons (Fsp3) is 0.200. The zero-order valence-corrected chi connectivity index (χ0v) is 16.7. The number of nitrogens with zero attached hydrogens (tertiary/aromatic N) is 2. The van der Waals surface area contributed by atoms with Crippen LogP contribution in [0, 0.1) is 0 Å². The maximum absolute atomic E-state index is 11.8. The third-order valence-corrected chi connectivity index (χ3v) is 6.99. The molecule has 2 N–H and O–H groups in total. The molecule has 0 saturated carbocycles. The molecule has 0 amide bonds. The lowest BCUT2D eigenvalue weighted by Crippen LogP contribution is -2.26. The first kappa shape index (κ1) is 19.0. The number of methoxy groups -OCH3 is 1. The van der Waals surface area contributed by atoms with Crippen LogP contribution in [-0.4, -0.2) is 39.5 Å². The third-order valence-electron chi connectivity index (χ3n) is 4.82. The largest absolute Gasteiger partial charge is 0.465 e. The Morgan fingerprint density at radius 1 is 1.21 bits per heavy atom. The van der Waals surface area contributed by atoms with Crippen LogP contribution >= 0.6 is 22.2 Å². The number of esters is 1. The van der Waals surface area contributed by atoms with Crippen LogP contribution in [0.15, 0.2) is 53.4 Å². The lowest BCUT2D eigenvalue weighted by Gasteiger charge is -2.32. The number of hydrogen-bond donors (Lipinski definition) is 2. The smallest absolute Gasteiger partial charge is 0.337 e. The van der Waals surface area contributed by atoms with Gasteiger partial charge in [0.15, 0.2) is 0 Å². The van der Waals surface area contributed by atoms with Crippen molar-refractivity contribution < 1.29 is 18.6 Å². The molecule has 0 unspecified atom stereocenters. The molecular formula is C20H19ClN2O4S. The summed E-state index contributed by atoms with van der Waals surface area (Å²) in [6.07, 6.45) is 0. The Balaban J connectivity index is 1.74. The van der Waals surface area contributed by atoms with Gasteiger partial charge in [-0.2, -0.15) is 10.6 Å². The summed E-state index contributed by atoms with van der Waals surface area (Å²) in [7, 11) is -1.51. The monoisotopic (exact) mass is 418 g/mol. The molecule has 0 saturated heterocycles. The average Bonchev–Trinajstić information content (AvgIpc) is 2.83. The Kier molecular flexibility index (Phi) is 4.93. The van der Waals surface area contributed by atoms with Gasteiger partial charge in [-0.05, 0) is 35.9 Å². The lowest BCUT2D eigenvalue weighted by atomic mass is 10.1. The molecule has 146 valence electrons. The van der Waals surface area contributed by atoms with Gasteiger partial charge in [-0.15, -0.1) is 0 Å². The molecule has 0 atom stereocenters. The second-order valence-electron chi connectivity index (χ2n) is 6.59. The van der Waals surface area contributed by atoms with E-state index in [9.17, 15) is 13.9 Å². The van der Waals surface area contributed by atoms with Crippen molar-refractivity contribution in [3.63, 3.8) is 0 Å². The number of aromatic nitrogens is 1. The molecule has 2 aromatic carbocycles. The molecule has 8 heteroatoms. The van der Waals surface area contributed by atoms with Gasteiger partial charge in [-0.25, -0.2) is 9.78 Å². The van der Waals surface area contributed by atoms with E-state index in [-0.39, 0.29) is 5.75 Å². The van der Waals surface area contributed by atoms with Crippen LogP contribution in [-0.2, 0) is 11.3 Å². The average molecular weight is 419 g/mol. The van der Waals surface area contributed by atoms with Crippen LogP contribution in [0.5, 0.6) is 0 Å². The van der Waals surface area contributed by atoms with Gasteiger partial charge in [-0.1, -0.05) is 29.8 Å². The molecule has 1 aliphatic rings. The Morgan fingerprint density at radius 3 is 2.79 bits per heavy atom. The quantitative estimate of drug-likeness (QED) is 0.581. The lowest BCUT2D eigenvalue weighted by molar-refractivity contribution is 0.0601. The second kappa shape index (κ2) is 7.25. The fourth-order valence-corrected chi connectivity index (χ4v) is 5.15. The minimum Gasteiger partial charge on any atom is -0.465 e. The third kappa shape index (κ3) is 3.42. The molecule has 0 spiro atoms. The predicted octanol–water partition coefficient (Wildman–Crippen LogP) is 4.80. The second-order valence-corrected chi connectivity index (χ2v) is 9.17. The fourth-order valence-electron chi connectivity index (χ4n) is 3.36. The zero-order valence-electron chi connectivity index (χ0n) is 15.1. The highest BCUT2D eigenvalue weighted by Gasteiger charge is 2.26. The van der Waals surface area contributed by atoms with E-state index >= 15 is 0 Å². The van der Waals surface area contributed by atoms with Gasteiger partial charge >= 0.3 is 5.97 Å². The summed E-state index contributed by atoms with van der Waals surface area (Å²) in [5.74, 6) is 0.439. The first-order chi connectivity index (χ1) is 13.4. The summed E-state index contributed by atoms with van der Waals surface area (Å²) < 4.78 is 25.8. The van der Waals surface area contributed by atoms with E-state index < -0.39 is 16.6 Å². The molecule has 0 bridgehead atoms. The Bertz CT molecular complexity index is 1070. The van der Waals surface area contributed by atoms with Crippen molar-refractivity contribution >= 4 is 44.9 Å². The first-order valence-electron chi connectivity index (χ1n) is 8.66. The van der Waals surface area contributed by atoms with Crippen molar-refractivity contribution in [3.8, 4) is 0 Å². The Hall–Kier alpha value is -2.32. The molecule has 28 heavy (non-hydrogen) atoms. The van der Waals surface area contributed by atoms with Crippen LogP contribution in [0.3, 0.4) is 0 Å². The molecule has 1 aromatic heterocycles. The summed E-state index contributed by atoms with van der Waals surface area (Å²) in [6, 6.07) is 14.1. The number of halogens is 1. The van der Waals surface area contributed by atoms with Crippen molar-refractivity contribution in [1.82, 2.24) is 4.98 Å². The molecule has 4 rings (SSSR count). The van der Waals surface area contributed by atoms with E-state index in [1.165, 1.54) is 7.11 Å². The minimum atomic E-state index is -2.84. The van der Waals surface area contributed by atoms with E-state index in [1.807, 2.05) is 23.1 Å². The highest BCUT2D eigenvalue weighted by atomic mass is 35.5. The summed E-state index contributed by atoms with van der Waals surface area (Å²) in [5, 5.41) is 1.13. The minimum absolute atomic E-state index is 0.225. The van der Waals surface area contributed by atoms with Gasteiger partial charge in [0, 0.05) is 18.5 Å². The van der Waals surface area contributed by atoms with Crippen LogP contribution < -0.4 is 4.90 Å². The van der Waals surface area contributed by atoms with Crippen LogP contribution in [0.1, 0.15) is 15.9 Å². The summed E-state index contributed by atoms with van der Waals surface area (Å²) in [5.41, 5.74) is 1.92. The highest BCUT2D eigenvalue weighted by Crippen LogP contribution is 2.51. The standard InChI is InChI=1S/C20H19ClN2O4S/c1-27-20(24)13-6-7-17-15(10-13)16(21)11-19(22-17)23-8-9-28(25,26)18-5-3-2-4-14(18)12-23/h2-7,10-11,25-26H,8-9,12H2,1H3. The number of benzene rings is 2. The van der Waals surface area contributed by atoms with Crippen molar-refractivity contribution in [2.24, 2.45) is 0 Å². The van der Waals surface area contributed by atoms with E-state index in [4.69, 9.17) is 16.3 Å². The van der Waals surface area contributed by atoms with Gasteiger partial charge in [-0.3, -0.25) is 9.11 Å². The Morgan fingerprint density at radius 2 is 2.00 bits per heavy atom. The number of rotatable bonds is 2. The summed E-state index contributed by atoms with van der Waals surface area (Å²) in [4.78, 5) is 19.0. The Labute approximate surface area is 169 Å². The van der Waals surface area contributed by atoms with E-state index in [1.54, 1.807) is 30.3 Å². The number of ether oxygens (including phenoxy) is 1. The van der Waals surface area contributed by atoms with Crippen molar-refractivity contribution in [2.45, 2.75) is 11.4 Å². The van der Waals surface area contributed by atoms with Crippen molar-refractivity contribution in [1.29, 1.82) is 0 Å². The van der Waals surface area contributed by atoms with Gasteiger partial charge in [0.2, 0.25) is 0 Å². The van der Waals surface area contributed by atoms with E-state index in [2.05, 4.69) is 4.98 Å². The number of pyridine rings is 1. The number of hydrogen-bond acceptors (Lipinski definition) is 6. The van der Waals surface area contributed by atoms with E-state index in [0.29, 0.717) is 45.3 Å². The maximum atomic E-state index is 11.8. The van der Waals surface area contributed by atoms with Crippen LogP contribution in [0.4, 0.5) is 5.82 Å². The molecule has 0 radical (unpaired) electrons. The number of anilines is 1.